The number of anilines is 1. The van der Waals surface area contributed by atoms with Crippen LogP contribution in [0.4, 0.5) is 23.2 Å². The Morgan fingerprint density at radius 3 is 2.16 bits per heavy atom. The SMILES string of the molecule is CC(C)Cc1ccc(S(=O)(=O)Nc2cc(C(F)(F)F)ccc2F)cc1. The van der Waals surface area contributed by atoms with Crippen LogP contribution in [0, 0.1) is 11.7 Å². The van der Waals surface area contributed by atoms with Crippen molar-refractivity contribution in [3.63, 3.8) is 0 Å². The molecule has 3 nitrogen and oxygen atoms in total. The summed E-state index contributed by atoms with van der Waals surface area (Å²) >= 11 is 0. The number of alkyl halides is 3. The summed E-state index contributed by atoms with van der Waals surface area (Å²) in [5, 5.41) is 0. The Balaban J connectivity index is 2.30. The first-order valence-corrected chi connectivity index (χ1v) is 8.96. The molecule has 0 bridgehead atoms. The van der Waals surface area contributed by atoms with Crippen molar-refractivity contribution in [3.05, 3.63) is 59.4 Å². The van der Waals surface area contributed by atoms with E-state index in [0.717, 1.165) is 12.0 Å². The Labute approximate surface area is 143 Å². The van der Waals surface area contributed by atoms with Crippen LogP contribution >= 0.6 is 0 Å². The summed E-state index contributed by atoms with van der Waals surface area (Å²) in [6, 6.07) is 7.48. The van der Waals surface area contributed by atoms with Crippen molar-refractivity contribution in [3.8, 4) is 0 Å². The molecule has 25 heavy (non-hydrogen) atoms. The second-order valence-electron chi connectivity index (χ2n) is 6.04. The molecule has 8 heteroatoms. The van der Waals surface area contributed by atoms with E-state index in [4.69, 9.17) is 0 Å². The molecule has 0 fully saturated rings. The van der Waals surface area contributed by atoms with Gasteiger partial charge in [-0.2, -0.15) is 13.2 Å². The maximum atomic E-state index is 13.7. The highest BCUT2D eigenvalue weighted by atomic mass is 32.2. The fraction of sp³-hybridized carbons (Fsp3) is 0.294. The molecule has 0 aliphatic heterocycles. The molecule has 0 saturated heterocycles. The van der Waals surface area contributed by atoms with E-state index in [0.29, 0.717) is 24.1 Å². The molecular formula is C17H17F4NO2S. The molecule has 0 spiro atoms. The minimum absolute atomic E-state index is 0.156. The molecule has 0 radical (unpaired) electrons. The quantitative estimate of drug-likeness (QED) is 0.760. The summed E-state index contributed by atoms with van der Waals surface area (Å²) in [5.74, 6) is -0.701. The van der Waals surface area contributed by atoms with Crippen LogP contribution in [0.25, 0.3) is 0 Å². The monoisotopic (exact) mass is 375 g/mol. The van der Waals surface area contributed by atoms with Gasteiger partial charge in [0.1, 0.15) is 5.82 Å². The molecule has 2 aromatic rings. The average Bonchev–Trinajstić information content (AvgIpc) is 2.48. The van der Waals surface area contributed by atoms with E-state index in [-0.39, 0.29) is 4.90 Å². The Morgan fingerprint density at radius 2 is 1.64 bits per heavy atom. The predicted molar refractivity (Wildman–Crippen MR) is 87.2 cm³/mol. The Hall–Kier alpha value is -2.09. The third-order valence-corrected chi connectivity index (χ3v) is 4.80. The van der Waals surface area contributed by atoms with Gasteiger partial charge in [0.25, 0.3) is 10.0 Å². The highest BCUT2D eigenvalue weighted by Crippen LogP contribution is 2.32. The molecule has 0 atom stereocenters. The summed E-state index contributed by atoms with van der Waals surface area (Å²) in [6.07, 6.45) is -3.94. The minimum Gasteiger partial charge on any atom is -0.277 e. The lowest BCUT2D eigenvalue weighted by atomic mass is 10.0. The molecule has 0 unspecified atom stereocenters. The van der Waals surface area contributed by atoms with Gasteiger partial charge < -0.3 is 0 Å². The molecule has 0 saturated carbocycles. The smallest absolute Gasteiger partial charge is 0.277 e. The van der Waals surface area contributed by atoms with E-state index in [2.05, 4.69) is 0 Å². The van der Waals surface area contributed by atoms with Crippen LogP contribution in [0.2, 0.25) is 0 Å². The van der Waals surface area contributed by atoms with Crippen LogP contribution in [0.3, 0.4) is 0 Å². The lowest BCUT2D eigenvalue weighted by Gasteiger charge is -2.13. The molecule has 136 valence electrons. The van der Waals surface area contributed by atoms with Gasteiger partial charge in [0.15, 0.2) is 0 Å². The largest absolute Gasteiger partial charge is 0.416 e. The van der Waals surface area contributed by atoms with Gasteiger partial charge in [0, 0.05) is 0 Å². The predicted octanol–water partition coefficient (Wildman–Crippen LogP) is 4.84. The van der Waals surface area contributed by atoms with E-state index in [1.807, 2.05) is 18.6 Å². The standard InChI is InChI=1S/C17H17F4NO2S/c1-11(2)9-12-3-6-14(7-4-12)25(23,24)22-16-10-13(17(19,20)21)5-8-15(16)18/h3-8,10-11,22H,9H2,1-2H3. The summed E-state index contributed by atoms with van der Waals surface area (Å²) in [4.78, 5) is -0.156. The fourth-order valence-corrected chi connectivity index (χ4v) is 3.32. The Kier molecular flexibility index (Phi) is 5.41. The second kappa shape index (κ2) is 7.03. The molecule has 0 heterocycles. The summed E-state index contributed by atoms with van der Waals surface area (Å²) in [5.41, 5.74) is -0.959. The number of hydrogen-bond donors (Lipinski definition) is 1. The zero-order valence-corrected chi connectivity index (χ0v) is 14.4. The first kappa shape index (κ1) is 19.2. The molecule has 0 aliphatic rings. The molecule has 2 aromatic carbocycles. The van der Waals surface area contributed by atoms with E-state index < -0.39 is 33.3 Å². The number of benzene rings is 2. The van der Waals surface area contributed by atoms with Gasteiger partial charge in [-0.15, -0.1) is 0 Å². The van der Waals surface area contributed by atoms with Gasteiger partial charge in [-0.3, -0.25) is 4.72 Å². The number of nitrogens with one attached hydrogen (secondary N) is 1. The number of halogens is 4. The molecule has 0 aromatic heterocycles. The number of sulfonamides is 1. The summed E-state index contributed by atoms with van der Waals surface area (Å²) in [7, 11) is -4.20. The maximum Gasteiger partial charge on any atom is 0.416 e. The van der Waals surface area contributed by atoms with Crippen molar-refractivity contribution in [2.75, 3.05) is 4.72 Å². The van der Waals surface area contributed by atoms with Crippen LogP contribution in [-0.2, 0) is 22.6 Å². The summed E-state index contributed by atoms with van der Waals surface area (Å²) < 4.78 is 78.3. The third kappa shape index (κ3) is 4.94. The first-order chi connectivity index (χ1) is 11.5. The Bertz CT molecular complexity index is 844. The molecule has 2 rings (SSSR count). The van der Waals surface area contributed by atoms with E-state index in [1.165, 1.54) is 12.1 Å². The fourth-order valence-electron chi connectivity index (χ4n) is 2.26. The lowest BCUT2D eigenvalue weighted by Crippen LogP contribution is -2.15. The topological polar surface area (TPSA) is 46.2 Å². The van der Waals surface area contributed by atoms with Crippen molar-refractivity contribution >= 4 is 15.7 Å². The zero-order chi connectivity index (χ0) is 18.8. The second-order valence-corrected chi connectivity index (χ2v) is 7.72. The normalized spacial score (nSPS) is 12.4. The first-order valence-electron chi connectivity index (χ1n) is 7.47. The van der Waals surface area contributed by atoms with E-state index in [9.17, 15) is 26.0 Å². The third-order valence-electron chi connectivity index (χ3n) is 3.42. The van der Waals surface area contributed by atoms with Crippen LogP contribution in [-0.4, -0.2) is 8.42 Å². The van der Waals surface area contributed by atoms with Crippen LogP contribution in [0.15, 0.2) is 47.4 Å². The van der Waals surface area contributed by atoms with E-state index in [1.54, 1.807) is 12.1 Å². The molecule has 1 N–H and O–H groups in total. The number of rotatable bonds is 5. The van der Waals surface area contributed by atoms with Crippen LogP contribution in [0.1, 0.15) is 25.0 Å². The Morgan fingerprint density at radius 1 is 1.04 bits per heavy atom. The van der Waals surface area contributed by atoms with Crippen LogP contribution in [0.5, 0.6) is 0 Å². The van der Waals surface area contributed by atoms with Crippen molar-refractivity contribution in [2.24, 2.45) is 5.92 Å². The van der Waals surface area contributed by atoms with Crippen molar-refractivity contribution in [2.45, 2.75) is 31.3 Å². The van der Waals surface area contributed by atoms with Gasteiger partial charge in [0.2, 0.25) is 0 Å². The number of hydrogen-bond acceptors (Lipinski definition) is 2. The molecule has 0 amide bonds. The summed E-state index contributed by atoms with van der Waals surface area (Å²) in [6.45, 7) is 4.03. The molecular weight excluding hydrogens is 358 g/mol. The van der Waals surface area contributed by atoms with Gasteiger partial charge in [-0.05, 0) is 48.2 Å². The van der Waals surface area contributed by atoms with E-state index >= 15 is 0 Å². The van der Waals surface area contributed by atoms with Crippen LogP contribution < -0.4 is 4.72 Å². The van der Waals surface area contributed by atoms with Gasteiger partial charge in [-0.1, -0.05) is 26.0 Å². The average molecular weight is 375 g/mol. The van der Waals surface area contributed by atoms with Crippen molar-refractivity contribution in [1.82, 2.24) is 0 Å². The highest BCUT2D eigenvalue weighted by Gasteiger charge is 2.31. The van der Waals surface area contributed by atoms with Gasteiger partial charge >= 0.3 is 6.18 Å². The lowest BCUT2D eigenvalue weighted by molar-refractivity contribution is -0.137. The van der Waals surface area contributed by atoms with Gasteiger partial charge in [-0.25, -0.2) is 12.8 Å². The van der Waals surface area contributed by atoms with Gasteiger partial charge in [0.05, 0.1) is 16.1 Å². The zero-order valence-electron chi connectivity index (χ0n) is 13.6. The minimum atomic E-state index is -4.70. The molecule has 0 aliphatic carbocycles. The maximum absolute atomic E-state index is 13.7. The highest BCUT2D eigenvalue weighted by molar-refractivity contribution is 7.92. The van der Waals surface area contributed by atoms with Crippen molar-refractivity contribution < 1.29 is 26.0 Å². The van der Waals surface area contributed by atoms with Crippen molar-refractivity contribution in [1.29, 1.82) is 0 Å².